The molecule has 0 atom stereocenters. The summed E-state index contributed by atoms with van der Waals surface area (Å²) in [6, 6.07) is 11.0. The zero-order chi connectivity index (χ0) is 17.7. The molecule has 5 nitrogen and oxygen atoms in total. The Labute approximate surface area is 149 Å². The molecule has 0 spiro atoms. The molecule has 0 saturated heterocycles. The van der Waals surface area contributed by atoms with E-state index in [1.807, 2.05) is 32.0 Å². The van der Waals surface area contributed by atoms with E-state index in [0.29, 0.717) is 17.1 Å². The van der Waals surface area contributed by atoms with Gasteiger partial charge in [0, 0.05) is 18.3 Å². The van der Waals surface area contributed by atoms with Gasteiger partial charge in [-0.1, -0.05) is 12.1 Å². The first-order valence-corrected chi connectivity index (χ1v) is 8.22. The molecule has 0 fully saturated rings. The highest BCUT2D eigenvalue weighted by atomic mass is 79.9. The second-order valence-electron chi connectivity index (χ2n) is 5.43. The zero-order valence-electron chi connectivity index (χ0n) is 13.8. The molecule has 24 heavy (non-hydrogen) atoms. The van der Waals surface area contributed by atoms with Crippen molar-refractivity contribution in [1.29, 1.82) is 0 Å². The summed E-state index contributed by atoms with van der Waals surface area (Å²) in [6.07, 6.45) is 0. The van der Waals surface area contributed by atoms with Crippen LogP contribution in [0.5, 0.6) is 5.75 Å². The highest BCUT2D eigenvalue weighted by Crippen LogP contribution is 2.26. The third-order valence-electron chi connectivity index (χ3n) is 3.36. The Bertz CT molecular complexity index is 775. The van der Waals surface area contributed by atoms with Gasteiger partial charge < -0.3 is 15.4 Å². The SMILES string of the molecule is CC(=O)Nc1cccc(NC(=O)COc2ccc(C)cc2Br)c1C. The van der Waals surface area contributed by atoms with Crippen molar-refractivity contribution in [2.75, 3.05) is 17.2 Å². The maximum atomic E-state index is 12.1. The van der Waals surface area contributed by atoms with Crippen molar-refractivity contribution in [3.8, 4) is 5.75 Å². The highest BCUT2D eigenvalue weighted by Gasteiger charge is 2.10. The van der Waals surface area contributed by atoms with Gasteiger partial charge in [-0.15, -0.1) is 0 Å². The first-order valence-electron chi connectivity index (χ1n) is 7.43. The molecule has 6 heteroatoms. The second-order valence-corrected chi connectivity index (χ2v) is 6.28. The molecule has 2 aromatic rings. The number of hydrogen-bond donors (Lipinski definition) is 2. The van der Waals surface area contributed by atoms with Crippen LogP contribution in [0.4, 0.5) is 11.4 Å². The summed E-state index contributed by atoms with van der Waals surface area (Å²) in [7, 11) is 0. The molecule has 126 valence electrons. The van der Waals surface area contributed by atoms with Gasteiger partial charge in [0.25, 0.3) is 5.91 Å². The predicted octanol–water partition coefficient (Wildman–Crippen LogP) is 4.04. The topological polar surface area (TPSA) is 67.4 Å². The highest BCUT2D eigenvalue weighted by molar-refractivity contribution is 9.10. The molecule has 0 saturated carbocycles. The fraction of sp³-hybridized carbons (Fsp3) is 0.222. The van der Waals surface area contributed by atoms with Crippen LogP contribution in [0.15, 0.2) is 40.9 Å². The molecule has 0 aliphatic carbocycles. The molecule has 0 radical (unpaired) electrons. The van der Waals surface area contributed by atoms with E-state index >= 15 is 0 Å². The maximum absolute atomic E-state index is 12.1. The molecule has 0 unspecified atom stereocenters. The summed E-state index contributed by atoms with van der Waals surface area (Å²) in [5, 5.41) is 5.52. The predicted molar refractivity (Wildman–Crippen MR) is 98.5 cm³/mol. The lowest BCUT2D eigenvalue weighted by Gasteiger charge is -2.13. The van der Waals surface area contributed by atoms with Gasteiger partial charge in [0.2, 0.25) is 5.91 Å². The minimum absolute atomic E-state index is 0.106. The Morgan fingerprint density at radius 3 is 2.38 bits per heavy atom. The van der Waals surface area contributed by atoms with Crippen molar-refractivity contribution in [1.82, 2.24) is 0 Å². The van der Waals surface area contributed by atoms with Crippen LogP contribution in [-0.4, -0.2) is 18.4 Å². The van der Waals surface area contributed by atoms with Crippen LogP contribution in [0.25, 0.3) is 0 Å². The standard InChI is InChI=1S/C18H19BrN2O3/c1-11-7-8-17(14(19)9-11)24-10-18(23)21-16-6-4-5-15(12(16)2)20-13(3)22/h4-9H,10H2,1-3H3,(H,20,22)(H,21,23). The van der Waals surface area contributed by atoms with E-state index in [4.69, 9.17) is 4.74 Å². The molecule has 2 N–H and O–H groups in total. The van der Waals surface area contributed by atoms with E-state index in [0.717, 1.165) is 15.6 Å². The molecule has 0 aromatic heterocycles. The number of anilines is 2. The largest absolute Gasteiger partial charge is 0.483 e. The molecule has 0 heterocycles. The number of amides is 2. The number of hydrogen-bond acceptors (Lipinski definition) is 3. The Morgan fingerprint density at radius 1 is 1.08 bits per heavy atom. The van der Waals surface area contributed by atoms with Gasteiger partial charge >= 0.3 is 0 Å². The molecular formula is C18H19BrN2O3. The number of benzene rings is 2. The summed E-state index contributed by atoms with van der Waals surface area (Å²) < 4.78 is 6.34. The lowest BCUT2D eigenvalue weighted by Crippen LogP contribution is -2.21. The van der Waals surface area contributed by atoms with Crippen molar-refractivity contribution in [3.05, 3.63) is 52.0 Å². The number of carbonyl (C=O) groups excluding carboxylic acids is 2. The van der Waals surface area contributed by atoms with Gasteiger partial charge in [0.15, 0.2) is 6.61 Å². The summed E-state index contributed by atoms with van der Waals surface area (Å²) in [5.41, 5.74) is 3.20. The Morgan fingerprint density at radius 2 is 1.75 bits per heavy atom. The van der Waals surface area contributed by atoms with Gasteiger partial charge in [0.05, 0.1) is 4.47 Å². The van der Waals surface area contributed by atoms with Gasteiger partial charge in [-0.25, -0.2) is 0 Å². The summed E-state index contributed by atoms with van der Waals surface area (Å²) >= 11 is 3.41. The molecule has 0 aliphatic rings. The fourth-order valence-corrected chi connectivity index (χ4v) is 2.76. The van der Waals surface area contributed by atoms with Gasteiger partial charge in [-0.2, -0.15) is 0 Å². The minimum atomic E-state index is -0.273. The molecular weight excluding hydrogens is 372 g/mol. The van der Waals surface area contributed by atoms with E-state index in [9.17, 15) is 9.59 Å². The number of rotatable bonds is 5. The van der Waals surface area contributed by atoms with Crippen molar-refractivity contribution in [2.45, 2.75) is 20.8 Å². The van der Waals surface area contributed by atoms with E-state index in [-0.39, 0.29) is 18.4 Å². The van der Waals surface area contributed by atoms with E-state index in [1.54, 1.807) is 18.2 Å². The van der Waals surface area contributed by atoms with Crippen molar-refractivity contribution in [2.24, 2.45) is 0 Å². The van der Waals surface area contributed by atoms with Crippen LogP contribution in [0.1, 0.15) is 18.1 Å². The zero-order valence-corrected chi connectivity index (χ0v) is 15.4. The maximum Gasteiger partial charge on any atom is 0.262 e. The van der Waals surface area contributed by atoms with Crippen LogP contribution < -0.4 is 15.4 Å². The van der Waals surface area contributed by atoms with Crippen LogP contribution >= 0.6 is 15.9 Å². The lowest BCUT2D eigenvalue weighted by atomic mass is 10.1. The quantitative estimate of drug-likeness (QED) is 0.809. The molecule has 2 amide bonds. The lowest BCUT2D eigenvalue weighted by molar-refractivity contribution is -0.118. The second kappa shape index (κ2) is 7.97. The number of carbonyl (C=O) groups is 2. The normalized spacial score (nSPS) is 10.2. The number of aryl methyl sites for hydroxylation is 1. The third-order valence-corrected chi connectivity index (χ3v) is 3.98. The van der Waals surface area contributed by atoms with Crippen LogP contribution in [-0.2, 0) is 9.59 Å². The fourth-order valence-electron chi connectivity index (χ4n) is 2.15. The number of nitrogens with one attached hydrogen (secondary N) is 2. The van der Waals surface area contributed by atoms with Crippen LogP contribution in [0.3, 0.4) is 0 Å². The molecule has 0 aliphatic heterocycles. The monoisotopic (exact) mass is 390 g/mol. The van der Waals surface area contributed by atoms with E-state index < -0.39 is 0 Å². The Kier molecular flexibility index (Phi) is 5.98. The van der Waals surface area contributed by atoms with E-state index in [1.165, 1.54) is 6.92 Å². The average Bonchev–Trinajstić information content (AvgIpc) is 2.50. The molecule has 2 rings (SSSR count). The summed E-state index contributed by atoms with van der Waals surface area (Å²) in [6.45, 7) is 5.15. The van der Waals surface area contributed by atoms with Crippen LogP contribution in [0.2, 0.25) is 0 Å². The smallest absolute Gasteiger partial charge is 0.262 e. The van der Waals surface area contributed by atoms with Crippen LogP contribution in [0, 0.1) is 13.8 Å². The number of ether oxygens (including phenoxy) is 1. The molecule has 2 aromatic carbocycles. The Balaban J connectivity index is 2.01. The average molecular weight is 391 g/mol. The minimum Gasteiger partial charge on any atom is -0.483 e. The van der Waals surface area contributed by atoms with Crippen molar-refractivity contribution < 1.29 is 14.3 Å². The number of halogens is 1. The third kappa shape index (κ3) is 4.83. The first kappa shape index (κ1) is 18.0. The van der Waals surface area contributed by atoms with Crippen molar-refractivity contribution >= 4 is 39.1 Å². The summed E-state index contributed by atoms with van der Waals surface area (Å²) in [4.78, 5) is 23.3. The Hall–Kier alpha value is -2.34. The van der Waals surface area contributed by atoms with Gasteiger partial charge in [0.1, 0.15) is 5.75 Å². The van der Waals surface area contributed by atoms with Gasteiger partial charge in [-0.05, 0) is 65.2 Å². The van der Waals surface area contributed by atoms with Crippen molar-refractivity contribution in [3.63, 3.8) is 0 Å². The van der Waals surface area contributed by atoms with E-state index in [2.05, 4.69) is 26.6 Å². The first-order chi connectivity index (χ1) is 11.4. The van der Waals surface area contributed by atoms with Gasteiger partial charge in [-0.3, -0.25) is 9.59 Å². The summed E-state index contributed by atoms with van der Waals surface area (Å²) in [5.74, 6) is 0.180. The molecule has 0 bridgehead atoms.